The number of carbonyl (C=O) groups is 2. The molecular formula is C25H26ClN5O3. The number of amides is 1. The molecule has 1 aliphatic heterocycles. The molecule has 176 valence electrons. The van der Waals surface area contributed by atoms with Crippen LogP contribution in [0.25, 0.3) is 22.5 Å². The fourth-order valence-corrected chi connectivity index (χ4v) is 4.23. The zero-order chi connectivity index (χ0) is 24.2. The molecule has 34 heavy (non-hydrogen) atoms. The first-order valence-corrected chi connectivity index (χ1v) is 11.5. The van der Waals surface area contributed by atoms with Gasteiger partial charge in [-0.15, -0.1) is 0 Å². The number of benzene rings is 2. The van der Waals surface area contributed by atoms with Crippen LogP contribution < -0.4 is 11.5 Å². The van der Waals surface area contributed by atoms with E-state index in [0.29, 0.717) is 27.5 Å². The number of aromatic nitrogens is 2. The van der Waals surface area contributed by atoms with Gasteiger partial charge in [0, 0.05) is 24.2 Å². The predicted octanol–water partition coefficient (Wildman–Crippen LogP) is 3.63. The molecule has 1 atom stereocenters. The number of aliphatic carboxylic acids is 1. The minimum atomic E-state index is -1.04. The van der Waals surface area contributed by atoms with Gasteiger partial charge in [-0.25, -0.2) is 9.97 Å². The molecule has 1 amide bonds. The number of hydrogen-bond donors (Lipinski definition) is 3. The maximum absolute atomic E-state index is 13.0. The lowest BCUT2D eigenvalue weighted by molar-refractivity contribution is -0.138. The number of carboxylic acid groups (broad SMARTS) is 1. The number of nitrogens with two attached hydrogens (primary N) is 2. The predicted molar refractivity (Wildman–Crippen MR) is 131 cm³/mol. The average Bonchev–Trinajstić information content (AvgIpc) is 2.84. The van der Waals surface area contributed by atoms with Crippen LogP contribution in [0.3, 0.4) is 0 Å². The van der Waals surface area contributed by atoms with Gasteiger partial charge in [0.1, 0.15) is 6.04 Å². The normalized spacial score (nSPS) is 14.6. The second kappa shape index (κ2) is 10.2. The summed E-state index contributed by atoms with van der Waals surface area (Å²) in [5.41, 5.74) is 15.6. The zero-order valence-electron chi connectivity index (χ0n) is 18.6. The maximum Gasteiger partial charge on any atom is 0.320 e. The topological polar surface area (TPSA) is 135 Å². The van der Waals surface area contributed by atoms with Gasteiger partial charge in [0.2, 0.25) is 5.95 Å². The highest BCUT2D eigenvalue weighted by molar-refractivity contribution is 6.34. The standard InChI is InChI=1S/C25H26ClN5O3/c26-19-9-8-17(13-18(19)23(32)31-10-2-1-3-11-31)22-14-21(29-25(28)30-22)16-6-4-15(5-7-16)12-20(27)24(33)34/h4-9,13-14,20H,1-3,10-12,27H2,(H,33,34)(H2,28,29,30)/t20-/m0/s1. The molecule has 9 heteroatoms. The van der Waals surface area contributed by atoms with Gasteiger partial charge in [0.15, 0.2) is 0 Å². The Morgan fingerprint density at radius 1 is 0.971 bits per heavy atom. The third-order valence-electron chi connectivity index (χ3n) is 5.90. The molecule has 0 aliphatic carbocycles. The lowest BCUT2D eigenvalue weighted by Gasteiger charge is -2.27. The molecule has 2 heterocycles. The SMILES string of the molecule is Nc1nc(-c2ccc(C[C@H](N)C(=O)O)cc2)cc(-c2ccc(Cl)c(C(=O)N3CCCCC3)c2)n1. The largest absolute Gasteiger partial charge is 0.480 e. The number of halogens is 1. The van der Waals surface area contributed by atoms with Crippen LogP contribution in [0.5, 0.6) is 0 Å². The summed E-state index contributed by atoms with van der Waals surface area (Å²) >= 11 is 6.38. The van der Waals surface area contributed by atoms with Crippen LogP contribution in [0, 0.1) is 0 Å². The highest BCUT2D eigenvalue weighted by Crippen LogP contribution is 2.29. The van der Waals surface area contributed by atoms with Gasteiger partial charge in [-0.05, 0) is 49.4 Å². The number of carboxylic acids is 1. The van der Waals surface area contributed by atoms with Crippen LogP contribution in [-0.4, -0.2) is 51.0 Å². The Balaban J connectivity index is 1.62. The molecule has 0 unspecified atom stereocenters. The number of anilines is 1. The molecule has 2 aromatic carbocycles. The quantitative estimate of drug-likeness (QED) is 0.491. The van der Waals surface area contributed by atoms with Crippen LogP contribution in [0.4, 0.5) is 5.95 Å². The van der Waals surface area contributed by atoms with Crippen molar-refractivity contribution in [2.75, 3.05) is 18.8 Å². The van der Waals surface area contributed by atoms with Crippen LogP contribution in [0.15, 0.2) is 48.5 Å². The van der Waals surface area contributed by atoms with Gasteiger partial charge >= 0.3 is 5.97 Å². The molecule has 8 nitrogen and oxygen atoms in total. The first-order valence-electron chi connectivity index (χ1n) is 11.1. The number of hydrogen-bond acceptors (Lipinski definition) is 6. The van der Waals surface area contributed by atoms with E-state index in [1.165, 1.54) is 0 Å². The first-order chi connectivity index (χ1) is 16.3. The molecule has 1 aliphatic rings. The van der Waals surface area contributed by atoms with E-state index in [9.17, 15) is 9.59 Å². The lowest BCUT2D eigenvalue weighted by atomic mass is 10.0. The first kappa shape index (κ1) is 23.7. The van der Waals surface area contributed by atoms with Gasteiger partial charge in [-0.3, -0.25) is 9.59 Å². The summed E-state index contributed by atoms with van der Waals surface area (Å²) < 4.78 is 0. The lowest BCUT2D eigenvalue weighted by Crippen LogP contribution is -2.35. The minimum Gasteiger partial charge on any atom is -0.480 e. The van der Waals surface area contributed by atoms with Crippen molar-refractivity contribution >= 4 is 29.4 Å². The van der Waals surface area contributed by atoms with Crippen LogP contribution in [0.2, 0.25) is 5.02 Å². The molecule has 5 N–H and O–H groups in total. The van der Waals surface area contributed by atoms with E-state index in [2.05, 4.69) is 9.97 Å². The third kappa shape index (κ3) is 5.35. The molecule has 0 saturated carbocycles. The number of rotatable bonds is 6. The highest BCUT2D eigenvalue weighted by Gasteiger charge is 2.21. The second-order valence-electron chi connectivity index (χ2n) is 8.39. The van der Waals surface area contributed by atoms with Crippen molar-refractivity contribution in [1.29, 1.82) is 0 Å². The average molecular weight is 480 g/mol. The Kier molecular flexibility index (Phi) is 7.09. The summed E-state index contributed by atoms with van der Waals surface area (Å²) in [5.74, 6) is -1.02. The third-order valence-corrected chi connectivity index (χ3v) is 6.23. The number of carbonyl (C=O) groups excluding carboxylic acids is 1. The van der Waals surface area contributed by atoms with Gasteiger partial charge in [-0.1, -0.05) is 41.9 Å². The number of likely N-dealkylation sites (tertiary alicyclic amines) is 1. The molecule has 3 aromatic rings. The fraction of sp³-hybridized carbons (Fsp3) is 0.280. The van der Waals surface area contributed by atoms with E-state index in [-0.39, 0.29) is 18.3 Å². The summed E-state index contributed by atoms with van der Waals surface area (Å²) in [6.45, 7) is 1.47. The fourth-order valence-electron chi connectivity index (χ4n) is 4.03. The van der Waals surface area contributed by atoms with Crippen LogP contribution in [-0.2, 0) is 11.2 Å². The van der Waals surface area contributed by atoms with Gasteiger partial charge in [-0.2, -0.15) is 0 Å². The van der Waals surface area contributed by atoms with Crippen molar-refractivity contribution in [3.05, 3.63) is 64.7 Å². The van der Waals surface area contributed by atoms with Crippen molar-refractivity contribution in [2.45, 2.75) is 31.7 Å². The molecule has 0 spiro atoms. The van der Waals surface area contributed by atoms with E-state index in [1.54, 1.807) is 24.3 Å². The summed E-state index contributed by atoms with van der Waals surface area (Å²) in [4.78, 5) is 34.6. The summed E-state index contributed by atoms with van der Waals surface area (Å²) in [7, 11) is 0. The van der Waals surface area contributed by atoms with E-state index in [0.717, 1.165) is 43.5 Å². The molecule has 4 rings (SSSR count). The molecule has 0 radical (unpaired) electrons. The Morgan fingerprint density at radius 3 is 2.24 bits per heavy atom. The molecule has 0 bridgehead atoms. The van der Waals surface area contributed by atoms with E-state index in [4.69, 9.17) is 28.2 Å². The monoisotopic (exact) mass is 479 g/mol. The van der Waals surface area contributed by atoms with Crippen molar-refractivity contribution < 1.29 is 14.7 Å². The van der Waals surface area contributed by atoms with Gasteiger partial charge in [0.25, 0.3) is 5.91 Å². The smallest absolute Gasteiger partial charge is 0.320 e. The van der Waals surface area contributed by atoms with Crippen molar-refractivity contribution in [2.24, 2.45) is 5.73 Å². The van der Waals surface area contributed by atoms with Crippen LogP contribution >= 0.6 is 11.6 Å². The molecule has 1 saturated heterocycles. The van der Waals surface area contributed by atoms with Crippen molar-refractivity contribution in [3.63, 3.8) is 0 Å². The molecular weight excluding hydrogens is 454 g/mol. The van der Waals surface area contributed by atoms with Gasteiger partial charge in [0.05, 0.1) is 22.0 Å². The van der Waals surface area contributed by atoms with E-state index in [1.807, 2.05) is 29.2 Å². The summed E-state index contributed by atoms with van der Waals surface area (Å²) in [5, 5.41) is 9.40. The van der Waals surface area contributed by atoms with E-state index < -0.39 is 12.0 Å². The summed E-state index contributed by atoms with van der Waals surface area (Å²) in [6.07, 6.45) is 3.35. The second-order valence-corrected chi connectivity index (χ2v) is 8.80. The molecule has 1 fully saturated rings. The van der Waals surface area contributed by atoms with Gasteiger partial charge < -0.3 is 21.5 Å². The minimum absolute atomic E-state index is 0.0797. The summed E-state index contributed by atoms with van der Waals surface area (Å²) in [6, 6.07) is 13.4. The number of nitrogen functional groups attached to an aromatic ring is 1. The van der Waals surface area contributed by atoms with E-state index >= 15 is 0 Å². The van der Waals surface area contributed by atoms with Crippen LogP contribution in [0.1, 0.15) is 35.2 Å². The Labute approximate surface area is 202 Å². The Bertz CT molecular complexity index is 1210. The van der Waals surface area contributed by atoms with Crippen molar-refractivity contribution in [1.82, 2.24) is 14.9 Å². The number of nitrogens with zero attached hydrogens (tertiary/aromatic N) is 3. The Hall–Kier alpha value is -3.49. The maximum atomic E-state index is 13.0. The Morgan fingerprint density at radius 2 is 1.59 bits per heavy atom. The zero-order valence-corrected chi connectivity index (χ0v) is 19.3. The van der Waals surface area contributed by atoms with Crippen molar-refractivity contribution in [3.8, 4) is 22.5 Å². The molecule has 1 aromatic heterocycles. The number of piperidine rings is 1. The highest BCUT2D eigenvalue weighted by atomic mass is 35.5.